The van der Waals surface area contributed by atoms with E-state index in [2.05, 4.69) is 20.2 Å². The number of aryl methyl sites for hydroxylation is 2. The third kappa shape index (κ3) is 4.61. The Hall–Kier alpha value is -3.67. The van der Waals surface area contributed by atoms with Crippen LogP contribution in [0.3, 0.4) is 0 Å². The summed E-state index contributed by atoms with van der Waals surface area (Å²) < 4.78 is 44.3. The van der Waals surface area contributed by atoms with Gasteiger partial charge in [0.1, 0.15) is 11.5 Å². The fourth-order valence-corrected chi connectivity index (χ4v) is 4.51. The summed E-state index contributed by atoms with van der Waals surface area (Å²) in [5.41, 5.74) is 0.987. The average molecular weight is 533 g/mol. The second-order valence-electron chi connectivity index (χ2n) is 9.00. The van der Waals surface area contributed by atoms with Crippen LogP contribution < -0.4 is 4.90 Å². The molecule has 1 aliphatic heterocycles. The molecule has 0 unspecified atom stereocenters. The zero-order valence-corrected chi connectivity index (χ0v) is 21.1. The number of carbonyl (C=O) groups excluding carboxylic acids is 1. The quantitative estimate of drug-likeness (QED) is 0.340. The molecular formula is C24H24ClF3N8O. The average Bonchev–Trinajstić information content (AvgIpc) is 3.57. The molecule has 3 aromatic heterocycles. The van der Waals surface area contributed by atoms with Crippen LogP contribution in [0.4, 0.5) is 19.1 Å². The number of aromatic nitrogens is 7. The highest BCUT2D eigenvalue weighted by Crippen LogP contribution is 2.33. The molecule has 0 saturated heterocycles. The number of halogens is 4. The van der Waals surface area contributed by atoms with E-state index in [0.29, 0.717) is 41.1 Å². The van der Waals surface area contributed by atoms with Crippen molar-refractivity contribution < 1.29 is 18.0 Å². The zero-order chi connectivity index (χ0) is 26.5. The largest absolute Gasteiger partial charge is 0.434 e. The maximum Gasteiger partial charge on any atom is 0.434 e. The molecule has 13 heteroatoms. The van der Waals surface area contributed by atoms with Gasteiger partial charge in [-0.1, -0.05) is 35.9 Å². The fraction of sp³-hybridized carbons (Fsp3) is 0.375. The van der Waals surface area contributed by atoms with Gasteiger partial charge in [-0.15, -0.1) is 5.10 Å². The molecule has 0 radical (unpaired) electrons. The molecule has 1 aliphatic rings. The summed E-state index contributed by atoms with van der Waals surface area (Å²) >= 11 is 6.37. The van der Waals surface area contributed by atoms with E-state index >= 15 is 0 Å². The van der Waals surface area contributed by atoms with Crippen molar-refractivity contribution in [2.75, 3.05) is 4.90 Å². The summed E-state index contributed by atoms with van der Waals surface area (Å²) in [6, 6.07) is 6.98. The summed E-state index contributed by atoms with van der Waals surface area (Å²) in [5, 5.41) is 9.31. The van der Waals surface area contributed by atoms with Gasteiger partial charge in [0.15, 0.2) is 5.69 Å². The second-order valence-corrected chi connectivity index (χ2v) is 9.41. The number of nitrogens with zero attached hydrogens (tertiary/aromatic N) is 8. The van der Waals surface area contributed by atoms with Crippen LogP contribution in [-0.4, -0.2) is 40.0 Å². The van der Waals surface area contributed by atoms with Crippen molar-refractivity contribution in [2.45, 2.75) is 59.0 Å². The van der Waals surface area contributed by atoms with Gasteiger partial charge >= 0.3 is 6.18 Å². The standard InChI is InChI=1S/C24H24ClF3N8O/c1-4-33-13-18(24(26,27)28)30-22(33)16-7-5-15(6-8-16)12-34-19(37)9-10-35-23(34)31-21(32-35)20-17(25)11-29-36(20)14(2)3/h5-8,11,13-14H,4,9-10,12H2,1-3H3. The van der Waals surface area contributed by atoms with Gasteiger partial charge in [-0.3, -0.25) is 14.4 Å². The number of carbonyl (C=O) groups is 1. The highest BCUT2D eigenvalue weighted by atomic mass is 35.5. The minimum Gasteiger partial charge on any atom is -0.331 e. The van der Waals surface area contributed by atoms with E-state index in [-0.39, 0.29) is 30.7 Å². The lowest BCUT2D eigenvalue weighted by atomic mass is 10.1. The number of benzene rings is 1. The first kappa shape index (κ1) is 25.0. The van der Waals surface area contributed by atoms with Crippen molar-refractivity contribution in [3.8, 4) is 22.9 Å². The van der Waals surface area contributed by atoms with Crippen molar-refractivity contribution in [2.24, 2.45) is 0 Å². The van der Waals surface area contributed by atoms with Crippen molar-refractivity contribution in [1.29, 1.82) is 0 Å². The van der Waals surface area contributed by atoms with Gasteiger partial charge in [0.05, 0.1) is 24.3 Å². The van der Waals surface area contributed by atoms with Gasteiger partial charge in [0, 0.05) is 30.8 Å². The molecule has 4 aromatic rings. The molecular weight excluding hydrogens is 509 g/mol. The molecule has 0 fully saturated rings. The van der Waals surface area contributed by atoms with Crippen molar-refractivity contribution >= 4 is 23.5 Å². The first-order valence-electron chi connectivity index (χ1n) is 11.8. The highest BCUT2D eigenvalue weighted by molar-refractivity contribution is 6.32. The maximum atomic E-state index is 13.2. The Labute approximate surface area is 215 Å². The van der Waals surface area contributed by atoms with E-state index in [1.807, 2.05) is 13.8 Å². The topological polar surface area (TPSA) is 86.7 Å². The highest BCUT2D eigenvalue weighted by Gasteiger charge is 2.35. The Morgan fingerprint density at radius 2 is 1.86 bits per heavy atom. The fourth-order valence-electron chi connectivity index (χ4n) is 4.30. The molecule has 194 valence electrons. The van der Waals surface area contributed by atoms with Gasteiger partial charge in [-0.05, 0) is 26.3 Å². The van der Waals surface area contributed by atoms with Crippen LogP contribution in [0.5, 0.6) is 0 Å². The smallest absolute Gasteiger partial charge is 0.331 e. The molecule has 0 atom stereocenters. The van der Waals surface area contributed by atoms with E-state index in [4.69, 9.17) is 11.6 Å². The van der Waals surface area contributed by atoms with Gasteiger partial charge in [0.25, 0.3) is 0 Å². The summed E-state index contributed by atoms with van der Waals surface area (Å²) in [7, 11) is 0. The summed E-state index contributed by atoms with van der Waals surface area (Å²) in [4.78, 5) is 22.8. The number of fused-ring (bicyclic) bond motifs is 1. The minimum atomic E-state index is -4.52. The van der Waals surface area contributed by atoms with Crippen molar-refractivity contribution in [3.63, 3.8) is 0 Å². The number of hydrogen-bond donors (Lipinski definition) is 0. The molecule has 37 heavy (non-hydrogen) atoms. The zero-order valence-electron chi connectivity index (χ0n) is 20.4. The van der Waals surface area contributed by atoms with Crippen LogP contribution in [0.15, 0.2) is 36.7 Å². The molecule has 0 N–H and O–H groups in total. The summed E-state index contributed by atoms with van der Waals surface area (Å²) in [6.45, 7) is 6.67. The summed E-state index contributed by atoms with van der Waals surface area (Å²) in [5.74, 6) is 0.918. The molecule has 4 heterocycles. The van der Waals surface area contributed by atoms with Crippen LogP contribution in [-0.2, 0) is 30.6 Å². The lowest BCUT2D eigenvalue weighted by Gasteiger charge is -2.26. The molecule has 0 aliphatic carbocycles. The first-order valence-corrected chi connectivity index (χ1v) is 12.2. The Balaban J connectivity index is 1.43. The molecule has 0 saturated carbocycles. The van der Waals surface area contributed by atoms with Crippen molar-refractivity contribution in [3.05, 3.63) is 52.9 Å². The van der Waals surface area contributed by atoms with E-state index in [1.54, 1.807) is 51.6 Å². The number of amides is 1. The lowest BCUT2D eigenvalue weighted by Crippen LogP contribution is -2.37. The Bertz CT molecular complexity index is 1450. The SMILES string of the molecule is CCn1cc(C(F)(F)F)nc1-c1ccc(CN2C(=O)CCn3nc(-c4c(Cl)cnn4C(C)C)nc32)cc1. The predicted molar refractivity (Wildman–Crippen MR) is 131 cm³/mol. The Morgan fingerprint density at radius 3 is 2.51 bits per heavy atom. The molecule has 0 spiro atoms. The Kier molecular flexibility index (Phi) is 6.30. The van der Waals surface area contributed by atoms with Gasteiger partial charge in [-0.2, -0.15) is 23.3 Å². The number of imidazole rings is 1. The third-order valence-electron chi connectivity index (χ3n) is 6.14. The number of rotatable bonds is 6. The molecule has 1 amide bonds. The van der Waals surface area contributed by atoms with Gasteiger partial charge < -0.3 is 4.57 Å². The van der Waals surface area contributed by atoms with Crippen LogP contribution in [0.1, 0.15) is 44.5 Å². The third-order valence-corrected chi connectivity index (χ3v) is 6.42. The molecule has 0 bridgehead atoms. The normalized spacial score (nSPS) is 14.1. The minimum absolute atomic E-state index is 0.0368. The predicted octanol–water partition coefficient (Wildman–Crippen LogP) is 5.22. The number of anilines is 1. The van der Waals surface area contributed by atoms with Crippen LogP contribution in [0.25, 0.3) is 22.9 Å². The van der Waals surface area contributed by atoms with E-state index < -0.39 is 11.9 Å². The molecule has 1 aromatic carbocycles. The van der Waals surface area contributed by atoms with Crippen LogP contribution >= 0.6 is 11.6 Å². The summed E-state index contributed by atoms with van der Waals surface area (Å²) in [6.07, 6.45) is -1.70. The number of alkyl halides is 3. The lowest BCUT2D eigenvalue weighted by molar-refractivity contribution is -0.140. The molecule has 9 nitrogen and oxygen atoms in total. The van der Waals surface area contributed by atoms with Crippen molar-refractivity contribution in [1.82, 2.24) is 34.1 Å². The van der Waals surface area contributed by atoms with Gasteiger partial charge in [0.2, 0.25) is 17.7 Å². The maximum absolute atomic E-state index is 13.2. The van der Waals surface area contributed by atoms with E-state index in [9.17, 15) is 18.0 Å². The second kappa shape index (κ2) is 9.33. The Morgan fingerprint density at radius 1 is 1.14 bits per heavy atom. The monoisotopic (exact) mass is 532 g/mol. The van der Waals surface area contributed by atoms with Crippen LogP contribution in [0.2, 0.25) is 5.02 Å². The van der Waals surface area contributed by atoms with E-state index in [1.165, 1.54) is 4.57 Å². The molecule has 5 rings (SSSR count). The first-order chi connectivity index (χ1) is 17.6. The number of hydrogen-bond acceptors (Lipinski definition) is 5. The van der Waals surface area contributed by atoms with Gasteiger partial charge in [-0.25, -0.2) is 9.67 Å². The van der Waals surface area contributed by atoms with Crippen LogP contribution in [0, 0.1) is 0 Å². The van der Waals surface area contributed by atoms with E-state index in [0.717, 1.165) is 11.8 Å².